The summed E-state index contributed by atoms with van der Waals surface area (Å²) in [5, 5.41) is 8.56. The molecule has 9 heteroatoms. The first-order valence-corrected chi connectivity index (χ1v) is 5.79. The summed E-state index contributed by atoms with van der Waals surface area (Å²) in [6.07, 6.45) is -1.84. The second-order valence-corrected chi connectivity index (χ2v) is 4.11. The Kier molecular flexibility index (Phi) is 3.95. The Labute approximate surface area is 120 Å². The van der Waals surface area contributed by atoms with Crippen LogP contribution >= 0.6 is 0 Å². The fourth-order valence-electron chi connectivity index (χ4n) is 1.65. The number of alkyl halides is 5. The molecule has 22 heavy (non-hydrogen) atoms. The molecular formula is C13H7F5N4. The highest BCUT2D eigenvalue weighted by Crippen LogP contribution is 2.42. The molecule has 0 fully saturated rings. The molecule has 0 aliphatic carbocycles. The Morgan fingerprint density at radius 3 is 2.36 bits per heavy atom. The van der Waals surface area contributed by atoms with Gasteiger partial charge in [-0.25, -0.2) is 0 Å². The zero-order valence-corrected chi connectivity index (χ0v) is 10.7. The lowest BCUT2D eigenvalue weighted by Crippen LogP contribution is -2.34. The quantitative estimate of drug-likeness (QED) is 0.632. The van der Waals surface area contributed by atoms with Crippen molar-refractivity contribution in [3.63, 3.8) is 0 Å². The van der Waals surface area contributed by atoms with E-state index in [0.29, 0.717) is 6.07 Å². The van der Waals surface area contributed by atoms with E-state index in [2.05, 4.69) is 9.98 Å². The van der Waals surface area contributed by atoms with E-state index in [1.54, 1.807) is 18.3 Å². The van der Waals surface area contributed by atoms with Crippen molar-refractivity contribution < 1.29 is 22.0 Å². The predicted molar refractivity (Wildman–Crippen MR) is 64.7 cm³/mol. The average Bonchev–Trinajstić information content (AvgIpc) is 2.47. The number of rotatable bonds is 2. The van der Waals surface area contributed by atoms with E-state index in [1.165, 1.54) is 16.8 Å². The van der Waals surface area contributed by atoms with E-state index >= 15 is 0 Å². The van der Waals surface area contributed by atoms with Gasteiger partial charge in [0.05, 0.1) is 11.9 Å². The summed E-state index contributed by atoms with van der Waals surface area (Å²) >= 11 is 0. The molecule has 114 valence electrons. The Morgan fingerprint density at radius 2 is 1.82 bits per heavy atom. The van der Waals surface area contributed by atoms with Crippen LogP contribution in [0.1, 0.15) is 5.69 Å². The first kappa shape index (κ1) is 15.6. The van der Waals surface area contributed by atoms with Crippen LogP contribution in [0.15, 0.2) is 47.7 Å². The minimum atomic E-state index is -5.72. The highest BCUT2D eigenvalue weighted by atomic mass is 19.4. The summed E-state index contributed by atoms with van der Waals surface area (Å²) in [4.78, 5) is 6.69. The lowest BCUT2D eigenvalue weighted by Gasteiger charge is -2.19. The lowest BCUT2D eigenvalue weighted by molar-refractivity contribution is -0.290. The number of hydrogen-bond acceptors (Lipinski definition) is 3. The van der Waals surface area contributed by atoms with Gasteiger partial charge in [-0.15, -0.1) is 0 Å². The van der Waals surface area contributed by atoms with Gasteiger partial charge in [-0.05, 0) is 24.3 Å². The van der Waals surface area contributed by atoms with Crippen LogP contribution in [0.4, 0.5) is 22.0 Å². The van der Waals surface area contributed by atoms with Gasteiger partial charge in [0.1, 0.15) is 11.2 Å². The average molecular weight is 314 g/mol. The molecule has 0 bridgehead atoms. The van der Waals surface area contributed by atoms with Gasteiger partial charge in [0.25, 0.3) is 0 Å². The molecule has 0 aromatic carbocycles. The number of aromatic nitrogens is 2. The van der Waals surface area contributed by atoms with Crippen LogP contribution in [-0.4, -0.2) is 15.7 Å². The fourth-order valence-corrected chi connectivity index (χ4v) is 1.65. The summed E-state index contributed by atoms with van der Waals surface area (Å²) in [7, 11) is 0. The van der Waals surface area contributed by atoms with Crippen LogP contribution in [0.2, 0.25) is 0 Å². The molecule has 0 amide bonds. The van der Waals surface area contributed by atoms with Gasteiger partial charge in [-0.3, -0.25) is 9.55 Å². The highest BCUT2D eigenvalue weighted by Gasteiger charge is 2.59. The molecular weight excluding hydrogens is 307 g/mol. The maximum atomic E-state index is 13.1. The van der Waals surface area contributed by atoms with Gasteiger partial charge in [0.15, 0.2) is 0 Å². The van der Waals surface area contributed by atoms with Crippen molar-refractivity contribution in [2.75, 3.05) is 0 Å². The van der Waals surface area contributed by atoms with Crippen molar-refractivity contribution in [1.29, 1.82) is 5.26 Å². The summed E-state index contributed by atoms with van der Waals surface area (Å²) in [5.41, 5.74) is -1.03. The second kappa shape index (κ2) is 5.55. The van der Waals surface area contributed by atoms with Crippen molar-refractivity contribution in [3.05, 3.63) is 53.9 Å². The number of halogens is 5. The molecule has 2 heterocycles. The normalized spacial score (nSPS) is 13.0. The Hall–Kier alpha value is -2.76. The third-order valence-corrected chi connectivity index (χ3v) is 2.71. The summed E-state index contributed by atoms with van der Waals surface area (Å²) in [6, 6.07) is 6.26. The number of nitrogens with zero attached hydrogens (tertiary/aromatic N) is 4. The van der Waals surface area contributed by atoms with E-state index in [-0.39, 0.29) is 11.2 Å². The lowest BCUT2D eigenvalue weighted by atomic mass is 10.2. The first-order valence-electron chi connectivity index (χ1n) is 5.79. The largest absolute Gasteiger partial charge is 0.459 e. The number of pyridine rings is 2. The molecule has 0 atom stereocenters. The van der Waals surface area contributed by atoms with Crippen LogP contribution < -0.4 is 5.49 Å². The fraction of sp³-hybridized carbons (Fsp3) is 0.154. The molecule has 0 N–H and O–H groups in total. The maximum absolute atomic E-state index is 13.1. The van der Waals surface area contributed by atoms with E-state index in [4.69, 9.17) is 5.26 Å². The van der Waals surface area contributed by atoms with Crippen molar-refractivity contribution >= 4 is 0 Å². The Bertz CT molecular complexity index is 768. The summed E-state index contributed by atoms with van der Waals surface area (Å²) in [5.74, 6) is -5.03. The van der Waals surface area contributed by atoms with Crippen LogP contribution in [0.5, 0.6) is 0 Å². The molecule has 2 aromatic heterocycles. The minimum Gasteiger partial charge on any atom is -0.300 e. The third-order valence-electron chi connectivity index (χ3n) is 2.71. The third kappa shape index (κ3) is 2.81. The van der Waals surface area contributed by atoms with Gasteiger partial charge in [0, 0.05) is 6.20 Å². The Balaban J connectivity index is 2.48. The predicted octanol–water partition coefficient (Wildman–Crippen LogP) is 2.91. The van der Waals surface area contributed by atoms with Gasteiger partial charge in [-0.1, -0.05) is 6.07 Å². The standard InChI is InChI=1S/C13H7F5N4/c14-12(15,13(16,17)18)10-5-4-9(7-20-10)22-6-2-1-3-11(22)21-8-19/h1-7H/b21-11+. The molecule has 0 unspecified atom stereocenters. The summed E-state index contributed by atoms with van der Waals surface area (Å²) < 4.78 is 64.4. The molecule has 0 radical (unpaired) electrons. The van der Waals surface area contributed by atoms with E-state index < -0.39 is 17.8 Å². The minimum absolute atomic E-state index is 0.183. The molecule has 0 saturated carbocycles. The van der Waals surface area contributed by atoms with Crippen molar-refractivity contribution in [3.8, 4) is 11.9 Å². The zero-order chi connectivity index (χ0) is 16.4. The van der Waals surface area contributed by atoms with Crippen molar-refractivity contribution in [2.24, 2.45) is 4.99 Å². The number of hydrogen-bond donors (Lipinski definition) is 0. The topological polar surface area (TPSA) is 54.0 Å². The van der Waals surface area contributed by atoms with Gasteiger partial charge >= 0.3 is 12.1 Å². The molecule has 0 aliphatic rings. The van der Waals surface area contributed by atoms with Gasteiger partial charge < -0.3 is 0 Å². The SMILES string of the molecule is N#C/N=c1\ccccn1-c1ccc(C(F)(F)C(F)(F)F)nc1. The zero-order valence-electron chi connectivity index (χ0n) is 10.7. The molecule has 2 rings (SSSR count). The number of nitriles is 1. The molecule has 2 aromatic rings. The molecule has 4 nitrogen and oxygen atoms in total. The van der Waals surface area contributed by atoms with Crippen LogP contribution in [-0.2, 0) is 5.92 Å². The smallest absolute Gasteiger partial charge is 0.300 e. The molecule has 0 spiro atoms. The van der Waals surface area contributed by atoms with E-state index in [1.807, 2.05) is 0 Å². The highest BCUT2D eigenvalue weighted by molar-refractivity contribution is 5.31. The monoisotopic (exact) mass is 314 g/mol. The van der Waals surface area contributed by atoms with E-state index in [9.17, 15) is 22.0 Å². The van der Waals surface area contributed by atoms with Crippen molar-refractivity contribution in [1.82, 2.24) is 9.55 Å². The molecule has 0 saturated heterocycles. The van der Waals surface area contributed by atoms with Crippen LogP contribution in [0.3, 0.4) is 0 Å². The maximum Gasteiger partial charge on any atom is 0.459 e. The molecule has 0 aliphatic heterocycles. The van der Waals surface area contributed by atoms with Crippen LogP contribution in [0, 0.1) is 11.5 Å². The van der Waals surface area contributed by atoms with Crippen LogP contribution in [0.25, 0.3) is 5.69 Å². The van der Waals surface area contributed by atoms with Gasteiger partial charge in [0.2, 0.25) is 6.19 Å². The van der Waals surface area contributed by atoms with Gasteiger partial charge in [-0.2, -0.15) is 32.2 Å². The summed E-state index contributed by atoms with van der Waals surface area (Å²) in [6.45, 7) is 0. The van der Waals surface area contributed by atoms with Crippen molar-refractivity contribution in [2.45, 2.75) is 12.1 Å². The Morgan fingerprint density at radius 1 is 1.09 bits per heavy atom. The first-order chi connectivity index (χ1) is 10.3. The van der Waals surface area contributed by atoms with E-state index in [0.717, 1.165) is 12.3 Å². The second-order valence-electron chi connectivity index (χ2n) is 4.11.